The Hall–Kier alpha value is -4.01. The average Bonchev–Trinajstić information content (AvgIpc) is 3.09. The molecule has 0 amide bonds. The standard InChI is InChI=1S/C25H21N3O5/c29-23-17(11-6-12-20(23)28(32)33)22-18(14-7-2-1-3-8-14)13-19(26-27-22)21-24(30)15-9-4-5-10-16(15)25(21)31/h1-12,18-19,22,29-30,32-33H,13H2/p-1/t18-,19-,22-/m1/s1. The number of hydrogen-bond acceptors (Lipinski definition) is 8. The van der Waals surface area contributed by atoms with Gasteiger partial charge in [0.1, 0.15) is 17.8 Å². The highest BCUT2D eigenvalue weighted by Crippen LogP contribution is 2.48. The predicted molar refractivity (Wildman–Crippen MR) is 117 cm³/mol. The molecule has 8 heteroatoms. The molecule has 33 heavy (non-hydrogen) atoms. The quantitative estimate of drug-likeness (QED) is 0.508. The van der Waals surface area contributed by atoms with E-state index in [1.54, 1.807) is 36.4 Å². The normalized spacial score (nSPS) is 21.9. The molecule has 3 atom stereocenters. The number of aliphatic hydroxyl groups excluding tert-OH is 1. The van der Waals surface area contributed by atoms with Crippen molar-refractivity contribution in [3.05, 3.63) is 101 Å². The lowest BCUT2D eigenvalue weighted by Gasteiger charge is -2.33. The fourth-order valence-corrected chi connectivity index (χ4v) is 4.65. The molecule has 0 aromatic heterocycles. The van der Waals surface area contributed by atoms with Crippen molar-refractivity contribution in [2.75, 3.05) is 5.23 Å². The van der Waals surface area contributed by atoms with E-state index in [9.17, 15) is 25.4 Å². The smallest absolute Gasteiger partial charge is 0.195 e. The zero-order valence-electron chi connectivity index (χ0n) is 17.4. The van der Waals surface area contributed by atoms with Gasteiger partial charge in [-0.05, 0) is 23.6 Å². The maximum atomic E-state index is 13.0. The summed E-state index contributed by atoms with van der Waals surface area (Å²) < 4.78 is 0. The van der Waals surface area contributed by atoms with Gasteiger partial charge in [-0.25, -0.2) is 0 Å². The summed E-state index contributed by atoms with van der Waals surface area (Å²) in [6, 6.07) is 19.3. The first-order valence-electron chi connectivity index (χ1n) is 10.5. The van der Waals surface area contributed by atoms with Crippen LogP contribution in [0.3, 0.4) is 0 Å². The van der Waals surface area contributed by atoms with E-state index in [2.05, 4.69) is 10.2 Å². The van der Waals surface area contributed by atoms with E-state index in [-0.39, 0.29) is 39.5 Å². The summed E-state index contributed by atoms with van der Waals surface area (Å²) in [6.45, 7) is 0. The van der Waals surface area contributed by atoms with E-state index in [0.717, 1.165) is 5.56 Å². The van der Waals surface area contributed by atoms with Crippen LogP contribution >= 0.6 is 0 Å². The third-order valence-electron chi connectivity index (χ3n) is 6.24. The maximum Gasteiger partial charge on any atom is 0.195 e. The fraction of sp³-hybridized carbons (Fsp3) is 0.160. The van der Waals surface area contributed by atoms with Crippen LogP contribution in [0.5, 0.6) is 5.75 Å². The van der Waals surface area contributed by atoms with Gasteiger partial charge in [-0.15, -0.1) is 5.23 Å². The van der Waals surface area contributed by atoms with Crippen molar-refractivity contribution in [2.45, 2.75) is 24.4 Å². The first-order chi connectivity index (χ1) is 16.0. The molecule has 166 valence electrons. The molecule has 0 radical (unpaired) electrons. The van der Waals surface area contributed by atoms with Crippen LogP contribution in [-0.2, 0) is 0 Å². The van der Waals surface area contributed by atoms with Gasteiger partial charge in [0.15, 0.2) is 5.78 Å². The second-order valence-electron chi connectivity index (χ2n) is 8.07. The number of benzene rings is 3. The van der Waals surface area contributed by atoms with E-state index in [4.69, 9.17) is 0 Å². The summed E-state index contributed by atoms with van der Waals surface area (Å²) in [7, 11) is 0. The summed E-state index contributed by atoms with van der Waals surface area (Å²) in [5, 5.41) is 51.1. The Labute approximate surface area is 189 Å². The molecular weight excluding hydrogens is 422 g/mol. The van der Waals surface area contributed by atoms with Gasteiger partial charge < -0.3 is 10.2 Å². The van der Waals surface area contributed by atoms with Gasteiger partial charge in [0.25, 0.3) is 0 Å². The topological polar surface area (TPSA) is 129 Å². The molecule has 3 aromatic rings. The molecule has 5 rings (SSSR count). The Balaban J connectivity index is 1.59. The van der Waals surface area contributed by atoms with Gasteiger partial charge in [-0.2, -0.15) is 10.2 Å². The number of rotatable bonds is 4. The van der Waals surface area contributed by atoms with Gasteiger partial charge in [0.2, 0.25) is 0 Å². The second kappa shape index (κ2) is 8.16. The minimum atomic E-state index is -0.697. The number of Topliss-reactive ketones (excluding diaryl/α,β-unsaturated/α-hetero) is 1. The molecule has 0 fully saturated rings. The highest BCUT2D eigenvalue weighted by molar-refractivity contribution is 6.20. The molecule has 8 nitrogen and oxygen atoms in total. The lowest BCUT2D eigenvalue weighted by Crippen LogP contribution is -2.25. The van der Waals surface area contributed by atoms with Crippen molar-refractivity contribution in [3.8, 4) is 5.75 Å². The fourth-order valence-electron chi connectivity index (χ4n) is 4.65. The van der Waals surface area contributed by atoms with Crippen molar-refractivity contribution in [3.63, 3.8) is 0 Å². The van der Waals surface area contributed by atoms with Crippen LogP contribution in [0.4, 0.5) is 5.69 Å². The Morgan fingerprint density at radius 1 is 0.879 bits per heavy atom. The van der Waals surface area contributed by atoms with Gasteiger partial charge >= 0.3 is 0 Å². The van der Waals surface area contributed by atoms with E-state index in [1.807, 2.05) is 30.3 Å². The van der Waals surface area contributed by atoms with Crippen LogP contribution in [0.1, 0.15) is 45.4 Å². The van der Waals surface area contributed by atoms with Crippen molar-refractivity contribution >= 4 is 17.2 Å². The van der Waals surface area contributed by atoms with E-state index in [0.29, 0.717) is 17.5 Å². The van der Waals surface area contributed by atoms with Crippen molar-refractivity contribution in [1.29, 1.82) is 0 Å². The minimum Gasteiger partial charge on any atom is -0.871 e. The highest BCUT2D eigenvalue weighted by atomic mass is 16.8. The summed E-state index contributed by atoms with van der Waals surface area (Å²) in [5.74, 6) is -1.27. The molecule has 0 unspecified atom stereocenters. The molecule has 1 aliphatic heterocycles. The van der Waals surface area contributed by atoms with Crippen LogP contribution in [0.15, 0.2) is 88.6 Å². The lowest BCUT2D eigenvalue weighted by atomic mass is 9.80. The Morgan fingerprint density at radius 3 is 2.27 bits per heavy atom. The van der Waals surface area contributed by atoms with E-state index >= 15 is 0 Å². The minimum absolute atomic E-state index is 0.0903. The predicted octanol–water partition coefficient (Wildman–Crippen LogP) is 4.56. The van der Waals surface area contributed by atoms with E-state index in [1.165, 1.54) is 6.07 Å². The average molecular weight is 442 g/mol. The number of aliphatic hydroxyl groups is 1. The van der Waals surface area contributed by atoms with E-state index < -0.39 is 17.8 Å². The molecule has 0 saturated heterocycles. The third kappa shape index (κ3) is 3.45. The van der Waals surface area contributed by atoms with Crippen LogP contribution in [-0.4, -0.2) is 27.3 Å². The van der Waals surface area contributed by atoms with Gasteiger partial charge in [-0.3, -0.25) is 15.2 Å². The number of azo groups is 1. The van der Waals surface area contributed by atoms with Crippen molar-refractivity contribution in [2.24, 2.45) is 10.2 Å². The zero-order chi connectivity index (χ0) is 23.1. The Kier molecular flexibility index (Phi) is 5.16. The van der Waals surface area contributed by atoms with Gasteiger partial charge in [-0.1, -0.05) is 72.5 Å². The molecule has 1 heterocycles. The monoisotopic (exact) mass is 442 g/mol. The maximum absolute atomic E-state index is 13.0. The number of ketones is 1. The molecule has 0 spiro atoms. The number of anilines is 1. The first-order valence-corrected chi connectivity index (χ1v) is 10.5. The second-order valence-corrected chi connectivity index (χ2v) is 8.07. The number of carbonyl (C=O) groups excluding carboxylic acids is 1. The van der Waals surface area contributed by atoms with Crippen LogP contribution in [0.25, 0.3) is 5.76 Å². The van der Waals surface area contributed by atoms with Crippen molar-refractivity contribution in [1.82, 2.24) is 0 Å². The highest BCUT2D eigenvalue weighted by Gasteiger charge is 2.40. The molecular formula is C25H20N3O5-. The first kappa shape index (κ1) is 20.9. The molecule has 2 aliphatic rings. The Bertz CT molecular complexity index is 1290. The molecule has 1 aliphatic carbocycles. The third-order valence-corrected chi connectivity index (χ3v) is 6.24. The van der Waals surface area contributed by atoms with Crippen LogP contribution < -0.4 is 10.3 Å². The number of fused-ring (bicyclic) bond motifs is 1. The summed E-state index contributed by atoms with van der Waals surface area (Å²) in [6.07, 6.45) is 0.336. The summed E-state index contributed by atoms with van der Waals surface area (Å²) in [5.41, 5.74) is 1.97. The number of para-hydroxylation sites is 1. The number of nitrogens with zero attached hydrogens (tertiary/aromatic N) is 3. The summed E-state index contributed by atoms with van der Waals surface area (Å²) in [4.78, 5) is 13.0. The van der Waals surface area contributed by atoms with Gasteiger partial charge in [0, 0.05) is 17.0 Å². The number of carbonyl (C=O) groups is 1. The molecule has 0 bridgehead atoms. The zero-order valence-corrected chi connectivity index (χ0v) is 17.4. The lowest BCUT2D eigenvalue weighted by molar-refractivity contribution is -0.270. The van der Waals surface area contributed by atoms with Gasteiger partial charge in [0.05, 0.1) is 11.3 Å². The summed E-state index contributed by atoms with van der Waals surface area (Å²) >= 11 is 0. The number of hydrogen-bond donors (Lipinski definition) is 3. The molecule has 3 N–H and O–H groups in total. The van der Waals surface area contributed by atoms with Crippen LogP contribution in [0.2, 0.25) is 0 Å². The molecule has 0 saturated carbocycles. The SMILES string of the molecule is O=C1C([C@H]2C[C@H](c3ccccc3)[C@@H](c3cccc(N(O)O)c3[O-])N=N2)=C(O)c2ccccc21. The van der Waals surface area contributed by atoms with Crippen molar-refractivity contribution < 1.29 is 25.4 Å². The molecule has 3 aromatic carbocycles. The Morgan fingerprint density at radius 2 is 1.58 bits per heavy atom. The van der Waals surface area contributed by atoms with Crippen LogP contribution in [0, 0.1) is 0 Å². The largest absolute Gasteiger partial charge is 0.871 e.